The fraction of sp³-hybridized carbons (Fsp3) is 0.286. The number of anilines is 1. The Morgan fingerprint density at radius 3 is 2.53 bits per heavy atom. The van der Waals surface area contributed by atoms with Crippen molar-refractivity contribution in [2.75, 3.05) is 31.1 Å². The Labute approximate surface area is 225 Å². The molecular formula is C28H30AsClFN5. The topological polar surface area (TPSA) is 43.8 Å². The molecule has 3 aromatic rings. The van der Waals surface area contributed by atoms with Gasteiger partial charge in [-0.25, -0.2) is 0 Å². The molecule has 0 saturated carbocycles. The maximum absolute atomic E-state index is 14.0. The van der Waals surface area contributed by atoms with Gasteiger partial charge in [-0.05, 0) is 0 Å². The molecule has 0 aliphatic carbocycles. The number of hydrogen-bond donors (Lipinski definition) is 1. The number of amidine groups is 1. The Morgan fingerprint density at radius 2 is 1.83 bits per heavy atom. The van der Waals surface area contributed by atoms with E-state index >= 15 is 0 Å². The summed E-state index contributed by atoms with van der Waals surface area (Å²) in [5, 5.41) is 3.50. The van der Waals surface area contributed by atoms with Gasteiger partial charge in [0.25, 0.3) is 0 Å². The first-order chi connectivity index (χ1) is 17.4. The van der Waals surface area contributed by atoms with E-state index in [1.807, 2.05) is 19.2 Å². The molecule has 2 aromatic carbocycles. The van der Waals surface area contributed by atoms with Crippen molar-refractivity contribution in [3.05, 3.63) is 88.8 Å². The summed E-state index contributed by atoms with van der Waals surface area (Å²) >= 11 is 7.45. The third-order valence-electron chi connectivity index (χ3n) is 6.83. The van der Waals surface area contributed by atoms with Crippen molar-refractivity contribution in [2.24, 2.45) is 4.99 Å². The van der Waals surface area contributed by atoms with Crippen LogP contribution >= 0.6 is 11.6 Å². The molecule has 3 atom stereocenters. The Hall–Kier alpha value is -2.66. The van der Waals surface area contributed by atoms with Crippen molar-refractivity contribution >= 4 is 45.8 Å². The molecule has 2 unspecified atom stereocenters. The van der Waals surface area contributed by atoms with E-state index in [0.29, 0.717) is 0 Å². The van der Waals surface area contributed by atoms with Gasteiger partial charge in [0.05, 0.1) is 0 Å². The molecule has 3 heterocycles. The second kappa shape index (κ2) is 10.8. The average molecular weight is 566 g/mol. The van der Waals surface area contributed by atoms with Crippen LogP contribution in [0, 0.1) is 5.82 Å². The molecular weight excluding hydrogens is 536 g/mol. The van der Waals surface area contributed by atoms with Crippen LogP contribution in [0.3, 0.4) is 0 Å². The third kappa shape index (κ3) is 5.22. The molecule has 0 spiro atoms. The zero-order chi connectivity index (χ0) is 25.2. The van der Waals surface area contributed by atoms with Gasteiger partial charge in [0.15, 0.2) is 0 Å². The number of nitrogens with zero attached hydrogens (tertiary/aromatic N) is 4. The molecule has 0 amide bonds. The second-order valence-corrected chi connectivity index (χ2v) is 11.0. The van der Waals surface area contributed by atoms with E-state index < -0.39 is 5.82 Å². The molecule has 5 nitrogen and oxygen atoms in total. The van der Waals surface area contributed by atoms with E-state index in [9.17, 15) is 4.39 Å². The van der Waals surface area contributed by atoms with E-state index in [1.165, 1.54) is 11.6 Å². The van der Waals surface area contributed by atoms with Crippen LogP contribution in [0.1, 0.15) is 31.0 Å². The molecule has 0 radical (unpaired) electrons. The Balaban J connectivity index is 1.35. The maximum atomic E-state index is 14.0. The van der Waals surface area contributed by atoms with E-state index in [2.05, 4.69) is 64.5 Å². The van der Waals surface area contributed by atoms with Crippen LogP contribution in [0.15, 0.2) is 71.9 Å². The molecule has 36 heavy (non-hydrogen) atoms. The predicted octanol–water partition coefficient (Wildman–Crippen LogP) is 4.75. The monoisotopic (exact) mass is 565 g/mol. The Bertz CT molecular complexity index is 1300. The number of pyridine rings is 1. The number of hydrogen-bond acceptors (Lipinski definition) is 5. The first-order valence-electron chi connectivity index (χ1n) is 12.2. The number of piperazine rings is 1. The van der Waals surface area contributed by atoms with E-state index in [-0.39, 0.29) is 15.9 Å². The van der Waals surface area contributed by atoms with Gasteiger partial charge in [-0.2, -0.15) is 0 Å². The molecule has 2 aliphatic rings. The van der Waals surface area contributed by atoms with Gasteiger partial charge in [0.1, 0.15) is 0 Å². The third-order valence-corrected chi connectivity index (χ3v) is 8.21. The van der Waals surface area contributed by atoms with Crippen molar-refractivity contribution in [3.8, 4) is 11.1 Å². The SMILES string of the molecule is CC1=NC(c2ccc(Cl)c(F)c2)=CC([AsH2])N1[C@@H](C)c1cccc(-c2ccc(N3CCNCC3)nc2)c1. The summed E-state index contributed by atoms with van der Waals surface area (Å²) in [6.07, 6.45) is 4.08. The Morgan fingerprint density at radius 1 is 1.06 bits per heavy atom. The van der Waals surface area contributed by atoms with Crippen molar-refractivity contribution < 1.29 is 4.39 Å². The molecule has 0 bridgehead atoms. The van der Waals surface area contributed by atoms with E-state index in [0.717, 1.165) is 60.2 Å². The van der Waals surface area contributed by atoms with Crippen LogP contribution in [0.25, 0.3) is 16.8 Å². The summed E-state index contributed by atoms with van der Waals surface area (Å²) in [4.78, 5) is 14.4. The van der Waals surface area contributed by atoms with Gasteiger partial charge < -0.3 is 5.32 Å². The quantitative estimate of drug-likeness (QED) is 0.454. The zero-order valence-electron chi connectivity index (χ0n) is 20.5. The average Bonchev–Trinajstić information content (AvgIpc) is 2.90. The minimum absolute atomic E-state index is 0.122. The van der Waals surface area contributed by atoms with Crippen molar-refractivity contribution in [2.45, 2.75) is 24.7 Å². The van der Waals surface area contributed by atoms with Gasteiger partial charge >= 0.3 is 208 Å². The molecule has 2 aliphatic heterocycles. The van der Waals surface area contributed by atoms with Crippen LogP contribution in [-0.2, 0) is 0 Å². The standard InChI is InChI=1S/C28H30AsClFN5/c1-18(36-19(2)34-26(16-27(36)29)22-6-8-24(30)25(31)15-22)20-4-3-5-21(14-20)23-7-9-28(33-17-23)35-12-10-32-11-13-35/h3-9,14-18,27,32H,10-13,29H2,1-2H3/t18-,27?/m0/s1. The van der Waals surface area contributed by atoms with Crippen LogP contribution < -0.4 is 10.2 Å². The first kappa shape index (κ1) is 25.0. The number of nitrogens with one attached hydrogen (secondary N) is 1. The number of aromatic nitrogens is 1. The van der Waals surface area contributed by atoms with Crippen LogP contribution in [0.2, 0.25) is 5.02 Å². The van der Waals surface area contributed by atoms with Crippen molar-refractivity contribution in [3.63, 3.8) is 0 Å². The van der Waals surface area contributed by atoms with Gasteiger partial charge in [0.2, 0.25) is 0 Å². The fourth-order valence-electron chi connectivity index (χ4n) is 4.86. The summed E-state index contributed by atoms with van der Waals surface area (Å²) < 4.78 is 14.0. The fourth-order valence-corrected chi connectivity index (χ4v) is 6.35. The number of aliphatic imine (C=N–C) groups is 1. The normalized spacial score (nSPS) is 19.1. The van der Waals surface area contributed by atoms with E-state index in [4.69, 9.17) is 21.6 Å². The van der Waals surface area contributed by atoms with Crippen LogP contribution in [-0.4, -0.2) is 63.6 Å². The van der Waals surface area contributed by atoms with Gasteiger partial charge in [-0.15, -0.1) is 0 Å². The van der Waals surface area contributed by atoms with Crippen molar-refractivity contribution in [1.82, 2.24) is 15.2 Å². The van der Waals surface area contributed by atoms with Crippen LogP contribution in [0.5, 0.6) is 0 Å². The van der Waals surface area contributed by atoms with Crippen molar-refractivity contribution in [1.29, 1.82) is 0 Å². The molecule has 1 aromatic heterocycles. The minimum atomic E-state index is -0.427. The molecule has 8 heteroatoms. The van der Waals surface area contributed by atoms with Crippen LogP contribution in [0.4, 0.5) is 10.2 Å². The summed E-state index contributed by atoms with van der Waals surface area (Å²) in [6, 6.07) is 17.9. The molecule has 186 valence electrons. The van der Waals surface area contributed by atoms with Gasteiger partial charge in [-0.3, -0.25) is 0 Å². The number of rotatable bonds is 5. The molecule has 5 rings (SSSR count). The van der Waals surface area contributed by atoms with Gasteiger partial charge in [0, 0.05) is 13.1 Å². The number of benzene rings is 2. The summed E-state index contributed by atoms with van der Waals surface area (Å²) in [5.74, 6) is 1.52. The predicted molar refractivity (Wildman–Crippen MR) is 150 cm³/mol. The summed E-state index contributed by atoms with van der Waals surface area (Å²) in [7, 11) is 0. The Kier molecular flexibility index (Phi) is 7.47. The molecule has 1 saturated heterocycles. The summed E-state index contributed by atoms with van der Waals surface area (Å²) in [6.45, 7) is 8.19. The molecule has 1 fully saturated rings. The van der Waals surface area contributed by atoms with Gasteiger partial charge in [-0.1, -0.05) is 0 Å². The first-order valence-corrected chi connectivity index (χ1v) is 14.0. The summed E-state index contributed by atoms with van der Waals surface area (Å²) in [5.41, 5.74) is 4.99. The molecule has 1 N–H and O–H groups in total. The number of halogens is 2. The van der Waals surface area contributed by atoms with E-state index in [1.54, 1.807) is 22.9 Å². The zero-order valence-corrected chi connectivity index (χ0v) is 23.6. The second-order valence-electron chi connectivity index (χ2n) is 9.18.